The summed E-state index contributed by atoms with van der Waals surface area (Å²) in [5.74, 6) is -0.333. The van der Waals surface area contributed by atoms with E-state index in [2.05, 4.69) is 23.8 Å². The van der Waals surface area contributed by atoms with E-state index < -0.39 is 5.82 Å². The van der Waals surface area contributed by atoms with E-state index in [-0.39, 0.29) is 22.7 Å². The molecule has 3 nitrogen and oxygen atoms in total. The predicted octanol–water partition coefficient (Wildman–Crippen LogP) is 3.77. The van der Waals surface area contributed by atoms with E-state index in [0.29, 0.717) is 5.02 Å². The second-order valence-electron chi connectivity index (χ2n) is 5.94. The molecule has 0 bridgehead atoms. The van der Waals surface area contributed by atoms with Crippen LogP contribution in [-0.2, 0) is 12.8 Å². The van der Waals surface area contributed by atoms with Crippen molar-refractivity contribution in [3.8, 4) is 17.3 Å². The van der Waals surface area contributed by atoms with Crippen LogP contribution in [0.2, 0.25) is 5.02 Å². The summed E-state index contributed by atoms with van der Waals surface area (Å²) in [4.78, 5) is 8.44. The van der Waals surface area contributed by atoms with Crippen molar-refractivity contribution in [1.29, 1.82) is 0 Å². The standard InChI is InChI=1S/C15H14ClFN2O/c1-15(2)6-10-12(7-15)18-13(19-14(10)20)9-5-8(16)3-4-11(9)17/h3-5H,6-7H2,1-2H3,(H,18,19,20). The Balaban J connectivity index is 2.14. The van der Waals surface area contributed by atoms with E-state index in [4.69, 9.17) is 11.6 Å². The smallest absolute Gasteiger partial charge is 0.217 e. The first-order valence-corrected chi connectivity index (χ1v) is 6.78. The van der Waals surface area contributed by atoms with Crippen LogP contribution in [0.25, 0.3) is 11.4 Å². The van der Waals surface area contributed by atoms with Crippen molar-refractivity contribution in [2.75, 3.05) is 0 Å². The highest BCUT2D eigenvalue weighted by Gasteiger charge is 2.33. The van der Waals surface area contributed by atoms with Crippen molar-refractivity contribution in [2.45, 2.75) is 26.7 Å². The Morgan fingerprint density at radius 3 is 2.75 bits per heavy atom. The molecular formula is C15H14ClFN2O. The monoisotopic (exact) mass is 292 g/mol. The van der Waals surface area contributed by atoms with Crippen LogP contribution in [0.4, 0.5) is 4.39 Å². The Labute approximate surface area is 121 Å². The van der Waals surface area contributed by atoms with Crippen LogP contribution in [0, 0.1) is 11.2 Å². The van der Waals surface area contributed by atoms with Crippen LogP contribution in [-0.4, -0.2) is 15.1 Å². The first-order chi connectivity index (χ1) is 9.35. The normalized spacial score (nSPS) is 16.2. The molecule has 2 aromatic rings. The molecule has 0 unspecified atom stereocenters. The second-order valence-corrected chi connectivity index (χ2v) is 6.37. The third-order valence-corrected chi connectivity index (χ3v) is 3.78. The van der Waals surface area contributed by atoms with Crippen molar-refractivity contribution < 1.29 is 9.50 Å². The molecule has 1 aromatic heterocycles. The van der Waals surface area contributed by atoms with E-state index in [1.165, 1.54) is 18.2 Å². The van der Waals surface area contributed by atoms with Crippen molar-refractivity contribution in [3.05, 3.63) is 40.3 Å². The van der Waals surface area contributed by atoms with Gasteiger partial charge >= 0.3 is 0 Å². The molecule has 0 saturated carbocycles. The van der Waals surface area contributed by atoms with E-state index in [1.54, 1.807) is 0 Å². The van der Waals surface area contributed by atoms with Gasteiger partial charge in [0.1, 0.15) is 5.82 Å². The Morgan fingerprint density at radius 1 is 1.25 bits per heavy atom. The molecule has 0 aliphatic heterocycles. The summed E-state index contributed by atoms with van der Waals surface area (Å²) in [6.07, 6.45) is 1.47. The van der Waals surface area contributed by atoms with Gasteiger partial charge in [0.25, 0.3) is 0 Å². The molecule has 104 valence electrons. The van der Waals surface area contributed by atoms with Crippen LogP contribution in [0.5, 0.6) is 5.88 Å². The first kappa shape index (κ1) is 13.3. The average Bonchev–Trinajstić information content (AvgIpc) is 2.67. The minimum Gasteiger partial charge on any atom is -0.493 e. The summed E-state index contributed by atoms with van der Waals surface area (Å²) in [5.41, 5.74) is 1.80. The van der Waals surface area contributed by atoms with Crippen LogP contribution >= 0.6 is 11.6 Å². The summed E-state index contributed by atoms with van der Waals surface area (Å²) in [7, 11) is 0. The van der Waals surface area contributed by atoms with Gasteiger partial charge < -0.3 is 5.11 Å². The number of fused-ring (bicyclic) bond motifs is 1. The molecule has 5 heteroatoms. The molecule has 1 aliphatic rings. The molecule has 1 heterocycles. The fraction of sp³-hybridized carbons (Fsp3) is 0.333. The summed E-state index contributed by atoms with van der Waals surface area (Å²) < 4.78 is 13.9. The Kier molecular flexibility index (Phi) is 2.94. The number of aromatic nitrogens is 2. The lowest BCUT2D eigenvalue weighted by Crippen LogP contribution is -2.09. The summed E-state index contributed by atoms with van der Waals surface area (Å²) in [6.45, 7) is 4.21. The van der Waals surface area contributed by atoms with E-state index in [1.807, 2.05) is 0 Å². The summed E-state index contributed by atoms with van der Waals surface area (Å²) in [6, 6.07) is 4.21. The zero-order chi connectivity index (χ0) is 14.5. The number of benzene rings is 1. The molecule has 20 heavy (non-hydrogen) atoms. The van der Waals surface area contributed by atoms with Gasteiger partial charge in [0, 0.05) is 10.6 Å². The molecular weight excluding hydrogens is 279 g/mol. The third kappa shape index (κ3) is 2.24. The third-order valence-electron chi connectivity index (χ3n) is 3.54. The van der Waals surface area contributed by atoms with Crippen LogP contribution in [0.1, 0.15) is 25.1 Å². The minimum atomic E-state index is -0.453. The molecule has 3 rings (SSSR count). The van der Waals surface area contributed by atoms with Crippen molar-refractivity contribution >= 4 is 11.6 Å². The highest BCUT2D eigenvalue weighted by atomic mass is 35.5. The highest BCUT2D eigenvalue weighted by molar-refractivity contribution is 6.30. The molecule has 1 aromatic carbocycles. The van der Waals surface area contributed by atoms with Crippen LogP contribution in [0.3, 0.4) is 0 Å². The number of aromatic hydroxyl groups is 1. The van der Waals surface area contributed by atoms with Gasteiger partial charge in [-0.1, -0.05) is 25.4 Å². The lowest BCUT2D eigenvalue weighted by molar-refractivity contribution is 0.383. The van der Waals surface area contributed by atoms with Gasteiger partial charge in [0.2, 0.25) is 5.88 Å². The van der Waals surface area contributed by atoms with E-state index >= 15 is 0 Å². The van der Waals surface area contributed by atoms with Gasteiger partial charge in [0.05, 0.1) is 11.3 Å². The Hall–Kier alpha value is -1.68. The maximum absolute atomic E-state index is 13.9. The molecule has 0 spiro atoms. The van der Waals surface area contributed by atoms with E-state index in [0.717, 1.165) is 24.1 Å². The van der Waals surface area contributed by atoms with Gasteiger partial charge in [-0.3, -0.25) is 0 Å². The Bertz CT molecular complexity index is 701. The quantitative estimate of drug-likeness (QED) is 0.870. The molecule has 0 amide bonds. The summed E-state index contributed by atoms with van der Waals surface area (Å²) in [5, 5.41) is 10.5. The SMILES string of the molecule is CC1(C)Cc2nc(-c3cc(Cl)ccc3F)nc(O)c2C1. The number of hydrogen-bond acceptors (Lipinski definition) is 3. The van der Waals surface area contributed by atoms with Gasteiger partial charge in [-0.15, -0.1) is 0 Å². The maximum Gasteiger partial charge on any atom is 0.217 e. The lowest BCUT2D eigenvalue weighted by atomic mass is 9.91. The molecule has 0 saturated heterocycles. The fourth-order valence-electron chi connectivity index (χ4n) is 2.63. The topological polar surface area (TPSA) is 46.0 Å². The number of hydrogen-bond donors (Lipinski definition) is 1. The highest BCUT2D eigenvalue weighted by Crippen LogP contribution is 2.39. The molecule has 0 atom stereocenters. The van der Waals surface area contributed by atoms with Crippen LogP contribution in [0.15, 0.2) is 18.2 Å². The van der Waals surface area contributed by atoms with Crippen molar-refractivity contribution in [3.63, 3.8) is 0 Å². The Morgan fingerprint density at radius 2 is 2.00 bits per heavy atom. The molecule has 0 radical (unpaired) electrons. The minimum absolute atomic E-state index is 0.0417. The fourth-order valence-corrected chi connectivity index (χ4v) is 2.80. The predicted molar refractivity (Wildman–Crippen MR) is 75.3 cm³/mol. The summed E-state index contributed by atoms with van der Waals surface area (Å²) >= 11 is 5.88. The van der Waals surface area contributed by atoms with Gasteiger partial charge in [-0.25, -0.2) is 9.37 Å². The van der Waals surface area contributed by atoms with Crippen molar-refractivity contribution in [2.24, 2.45) is 5.41 Å². The van der Waals surface area contributed by atoms with Gasteiger partial charge in [-0.2, -0.15) is 4.98 Å². The molecule has 1 aliphatic carbocycles. The number of rotatable bonds is 1. The molecule has 0 fully saturated rings. The van der Waals surface area contributed by atoms with Gasteiger partial charge in [-0.05, 0) is 36.5 Å². The largest absolute Gasteiger partial charge is 0.493 e. The lowest BCUT2D eigenvalue weighted by Gasteiger charge is -2.14. The maximum atomic E-state index is 13.9. The zero-order valence-corrected chi connectivity index (χ0v) is 12.0. The van der Waals surface area contributed by atoms with E-state index in [9.17, 15) is 9.50 Å². The second kappa shape index (κ2) is 4.42. The molecule has 1 N–H and O–H groups in total. The van der Waals surface area contributed by atoms with Crippen molar-refractivity contribution in [1.82, 2.24) is 9.97 Å². The first-order valence-electron chi connectivity index (χ1n) is 6.40. The number of halogens is 2. The van der Waals surface area contributed by atoms with Gasteiger partial charge in [0.15, 0.2) is 5.82 Å². The zero-order valence-electron chi connectivity index (χ0n) is 11.2. The van der Waals surface area contributed by atoms with Crippen LogP contribution < -0.4 is 0 Å². The average molecular weight is 293 g/mol. The number of nitrogens with zero attached hydrogens (tertiary/aromatic N) is 2.